The zero-order chi connectivity index (χ0) is 12.3. The molecule has 1 amide bonds. The molecule has 1 saturated carbocycles. The van der Waals surface area contributed by atoms with Crippen LogP contribution in [0.4, 0.5) is 0 Å². The van der Waals surface area contributed by atoms with Gasteiger partial charge < -0.3 is 5.32 Å². The third-order valence-electron chi connectivity index (χ3n) is 3.47. The molecule has 0 aliphatic heterocycles. The molecule has 0 saturated heterocycles. The Morgan fingerprint density at radius 2 is 2.24 bits per heavy atom. The molecule has 1 aromatic carbocycles. The van der Waals surface area contributed by atoms with Gasteiger partial charge in [-0.2, -0.15) is 0 Å². The Morgan fingerprint density at radius 3 is 2.82 bits per heavy atom. The average Bonchev–Trinajstić information content (AvgIpc) is 3.07. The standard InChI is InChI=1S/C14H19NOS/c1-2-6-14(7-8-14)10-15-13(16)11-4-3-5-12(17)9-11/h3-5,9,17H,2,6-8,10H2,1H3,(H,15,16). The summed E-state index contributed by atoms with van der Waals surface area (Å²) < 4.78 is 0. The molecule has 1 N–H and O–H groups in total. The first-order valence-electron chi connectivity index (χ1n) is 6.22. The van der Waals surface area contributed by atoms with E-state index in [9.17, 15) is 4.79 Å². The van der Waals surface area contributed by atoms with Gasteiger partial charge in [-0.1, -0.05) is 19.4 Å². The highest BCUT2D eigenvalue weighted by molar-refractivity contribution is 7.80. The van der Waals surface area contributed by atoms with Crippen molar-refractivity contribution < 1.29 is 4.79 Å². The summed E-state index contributed by atoms with van der Waals surface area (Å²) >= 11 is 4.24. The monoisotopic (exact) mass is 249 g/mol. The number of nitrogens with one attached hydrogen (secondary N) is 1. The van der Waals surface area contributed by atoms with E-state index in [2.05, 4.69) is 24.9 Å². The number of hydrogen-bond donors (Lipinski definition) is 2. The smallest absolute Gasteiger partial charge is 0.251 e. The maximum absolute atomic E-state index is 11.9. The van der Waals surface area contributed by atoms with E-state index < -0.39 is 0 Å². The lowest BCUT2D eigenvalue weighted by Crippen LogP contribution is -2.30. The van der Waals surface area contributed by atoms with Crippen LogP contribution in [0.2, 0.25) is 0 Å². The zero-order valence-electron chi connectivity index (χ0n) is 10.2. The molecule has 2 rings (SSSR count). The van der Waals surface area contributed by atoms with E-state index in [1.54, 1.807) is 6.07 Å². The van der Waals surface area contributed by atoms with Gasteiger partial charge in [0.2, 0.25) is 0 Å². The van der Waals surface area contributed by atoms with Gasteiger partial charge in [-0.15, -0.1) is 12.6 Å². The summed E-state index contributed by atoms with van der Waals surface area (Å²) in [4.78, 5) is 12.8. The van der Waals surface area contributed by atoms with Crippen molar-refractivity contribution in [2.24, 2.45) is 5.41 Å². The van der Waals surface area contributed by atoms with Crippen LogP contribution in [0.1, 0.15) is 43.0 Å². The van der Waals surface area contributed by atoms with Gasteiger partial charge in [-0.05, 0) is 42.9 Å². The Labute approximate surface area is 108 Å². The van der Waals surface area contributed by atoms with E-state index in [1.807, 2.05) is 18.2 Å². The van der Waals surface area contributed by atoms with Crippen molar-refractivity contribution >= 4 is 18.5 Å². The molecule has 1 fully saturated rings. The van der Waals surface area contributed by atoms with Crippen LogP contribution < -0.4 is 5.32 Å². The molecular weight excluding hydrogens is 230 g/mol. The van der Waals surface area contributed by atoms with Crippen molar-refractivity contribution in [2.45, 2.75) is 37.5 Å². The number of carbonyl (C=O) groups excluding carboxylic acids is 1. The van der Waals surface area contributed by atoms with Crippen LogP contribution in [-0.4, -0.2) is 12.5 Å². The highest BCUT2D eigenvalue weighted by Gasteiger charge is 2.41. The lowest BCUT2D eigenvalue weighted by atomic mass is 10.0. The molecule has 0 atom stereocenters. The molecule has 17 heavy (non-hydrogen) atoms. The number of hydrogen-bond acceptors (Lipinski definition) is 2. The zero-order valence-corrected chi connectivity index (χ0v) is 11.1. The van der Waals surface area contributed by atoms with Crippen LogP contribution >= 0.6 is 12.6 Å². The molecule has 1 aliphatic carbocycles. The van der Waals surface area contributed by atoms with Gasteiger partial charge in [0.15, 0.2) is 0 Å². The maximum Gasteiger partial charge on any atom is 0.251 e. The third kappa shape index (κ3) is 3.25. The molecule has 0 radical (unpaired) electrons. The molecule has 0 bridgehead atoms. The van der Waals surface area contributed by atoms with E-state index >= 15 is 0 Å². The van der Waals surface area contributed by atoms with Gasteiger partial charge in [0, 0.05) is 17.0 Å². The van der Waals surface area contributed by atoms with Crippen molar-refractivity contribution in [2.75, 3.05) is 6.54 Å². The summed E-state index contributed by atoms with van der Waals surface area (Å²) in [6.07, 6.45) is 4.93. The molecule has 92 valence electrons. The van der Waals surface area contributed by atoms with Crippen molar-refractivity contribution in [1.29, 1.82) is 0 Å². The molecule has 0 aromatic heterocycles. The van der Waals surface area contributed by atoms with Crippen molar-refractivity contribution in [1.82, 2.24) is 5.32 Å². The minimum absolute atomic E-state index is 0.0169. The van der Waals surface area contributed by atoms with Crippen LogP contribution in [0.3, 0.4) is 0 Å². The quantitative estimate of drug-likeness (QED) is 0.770. The van der Waals surface area contributed by atoms with Gasteiger partial charge in [0.1, 0.15) is 0 Å². The van der Waals surface area contributed by atoms with Gasteiger partial charge in [-0.25, -0.2) is 0 Å². The van der Waals surface area contributed by atoms with Crippen molar-refractivity contribution in [3.63, 3.8) is 0 Å². The van der Waals surface area contributed by atoms with Crippen molar-refractivity contribution in [3.05, 3.63) is 29.8 Å². The second-order valence-corrected chi connectivity index (χ2v) is 5.50. The van der Waals surface area contributed by atoms with Gasteiger partial charge >= 0.3 is 0 Å². The lowest BCUT2D eigenvalue weighted by molar-refractivity contribution is 0.0943. The Morgan fingerprint density at radius 1 is 1.47 bits per heavy atom. The number of carbonyl (C=O) groups is 1. The summed E-state index contributed by atoms with van der Waals surface area (Å²) in [6.45, 7) is 3.02. The predicted molar refractivity (Wildman–Crippen MR) is 72.6 cm³/mol. The first kappa shape index (κ1) is 12.5. The molecule has 0 unspecified atom stereocenters. The number of rotatable bonds is 5. The van der Waals surface area contributed by atoms with E-state index in [-0.39, 0.29) is 5.91 Å². The molecule has 0 heterocycles. The summed E-state index contributed by atoms with van der Waals surface area (Å²) in [7, 11) is 0. The van der Waals surface area contributed by atoms with Crippen LogP contribution in [-0.2, 0) is 0 Å². The summed E-state index contributed by atoms with van der Waals surface area (Å²) in [6, 6.07) is 7.36. The minimum atomic E-state index is 0.0169. The predicted octanol–water partition coefficient (Wildman–Crippen LogP) is 3.29. The normalized spacial score (nSPS) is 16.6. The van der Waals surface area contributed by atoms with Gasteiger partial charge in [-0.3, -0.25) is 4.79 Å². The van der Waals surface area contributed by atoms with E-state index in [4.69, 9.17) is 0 Å². The molecule has 2 nitrogen and oxygen atoms in total. The summed E-state index contributed by atoms with van der Waals surface area (Å²) in [5.41, 5.74) is 1.10. The van der Waals surface area contributed by atoms with Crippen LogP contribution in [0.5, 0.6) is 0 Å². The minimum Gasteiger partial charge on any atom is -0.351 e. The fraction of sp³-hybridized carbons (Fsp3) is 0.500. The highest BCUT2D eigenvalue weighted by Crippen LogP contribution is 2.48. The average molecular weight is 249 g/mol. The SMILES string of the molecule is CCCC1(CNC(=O)c2cccc(S)c2)CC1. The topological polar surface area (TPSA) is 29.1 Å². The second kappa shape index (κ2) is 5.13. The fourth-order valence-corrected chi connectivity index (χ4v) is 2.46. The largest absolute Gasteiger partial charge is 0.351 e. The van der Waals surface area contributed by atoms with E-state index in [0.29, 0.717) is 11.0 Å². The lowest BCUT2D eigenvalue weighted by Gasteiger charge is -2.14. The van der Waals surface area contributed by atoms with Crippen LogP contribution in [0.15, 0.2) is 29.2 Å². The van der Waals surface area contributed by atoms with Gasteiger partial charge in [0.25, 0.3) is 5.91 Å². The van der Waals surface area contributed by atoms with Crippen LogP contribution in [0, 0.1) is 5.41 Å². The van der Waals surface area contributed by atoms with E-state index in [1.165, 1.54) is 25.7 Å². The number of amides is 1. The first-order valence-corrected chi connectivity index (χ1v) is 6.67. The molecule has 0 spiro atoms. The Balaban J connectivity index is 1.90. The third-order valence-corrected chi connectivity index (χ3v) is 3.75. The number of thiol groups is 1. The Hall–Kier alpha value is -0.960. The molecular formula is C14H19NOS. The van der Waals surface area contributed by atoms with Crippen LogP contribution in [0.25, 0.3) is 0 Å². The summed E-state index contributed by atoms with van der Waals surface area (Å²) in [5.74, 6) is 0.0169. The summed E-state index contributed by atoms with van der Waals surface area (Å²) in [5, 5.41) is 3.04. The second-order valence-electron chi connectivity index (χ2n) is 4.98. The molecule has 1 aromatic rings. The maximum atomic E-state index is 11.9. The molecule has 3 heteroatoms. The first-order chi connectivity index (χ1) is 8.15. The highest BCUT2D eigenvalue weighted by atomic mass is 32.1. The molecule has 1 aliphatic rings. The van der Waals surface area contributed by atoms with E-state index in [0.717, 1.165) is 11.4 Å². The van der Waals surface area contributed by atoms with Gasteiger partial charge in [0.05, 0.1) is 0 Å². The van der Waals surface area contributed by atoms with Crippen molar-refractivity contribution in [3.8, 4) is 0 Å². The Kier molecular flexibility index (Phi) is 3.77. The Bertz CT molecular complexity index is 412. The number of benzene rings is 1. The fourth-order valence-electron chi connectivity index (χ4n) is 2.24.